The van der Waals surface area contributed by atoms with E-state index in [9.17, 15) is 4.79 Å². The summed E-state index contributed by atoms with van der Waals surface area (Å²) < 4.78 is 0. The monoisotopic (exact) mass is 192 g/mol. The number of hydrogen-bond donors (Lipinski definition) is 2. The van der Waals surface area contributed by atoms with Gasteiger partial charge in [0.25, 0.3) is 0 Å². The first-order chi connectivity index (χ1) is 6.69. The van der Waals surface area contributed by atoms with Crippen LogP contribution in [0.15, 0.2) is 18.2 Å². The summed E-state index contributed by atoms with van der Waals surface area (Å²) in [6.45, 7) is 4.70. The van der Waals surface area contributed by atoms with Crippen molar-refractivity contribution >= 4 is 17.7 Å². The highest BCUT2D eigenvalue weighted by atomic mass is 16.1. The van der Waals surface area contributed by atoms with Crippen LogP contribution in [0, 0.1) is 0 Å². The molecule has 1 rings (SSSR count). The fourth-order valence-corrected chi connectivity index (χ4v) is 1.28. The summed E-state index contributed by atoms with van der Waals surface area (Å²) >= 11 is 0. The highest BCUT2D eigenvalue weighted by Crippen LogP contribution is 2.23. The van der Waals surface area contributed by atoms with E-state index in [2.05, 4.69) is 5.32 Å². The van der Waals surface area contributed by atoms with Crippen LogP contribution in [0.25, 0.3) is 0 Å². The Bertz CT molecular complexity index is 323. The molecule has 3 nitrogen and oxygen atoms in total. The molecule has 1 unspecified atom stereocenters. The topological polar surface area (TPSA) is 55.1 Å². The minimum atomic E-state index is -0.0759. The molecule has 3 heteroatoms. The van der Waals surface area contributed by atoms with Crippen LogP contribution in [0.4, 0.5) is 11.4 Å². The van der Waals surface area contributed by atoms with Crippen molar-refractivity contribution < 1.29 is 4.79 Å². The largest absolute Gasteiger partial charge is 0.397 e. The van der Waals surface area contributed by atoms with Gasteiger partial charge in [0.1, 0.15) is 6.29 Å². The average molecular weight is 192 g/mol. The van der Waals surface area contributed by atoms with Crippen LogP contribution >= 0.6 is 0 Å². The third-order valence-corrected chi connectivity index (χ3v) is 2.17. The Morgan fingerprint density at radius 1 is 1.57 bits per heavy atom. The molecule has 0 spiro atoms. The zero-order valence-electron chi connectivity index (χ0n) is 8.58. The van der Waals surface area contributed by atoms with Crippen molar-refractivity contribution in [3.8, 4) is 0 Å². The minimum absolute atomic E-state index is 0.0759. The Morgan fingerprint density at radius 3 is 2.86 bits per heavy atom. The summed E-state index contributed by atoms with van der Waals surface area (Å²) in [5, 5.41) is 3.15. The summed E-state index contributed by atoms with van der Waals surface area (Å²) in [4.78, 5) is 10.6. The normalized spacial score (nSPS) is 12.1. The molecule has 0 heterocycles. The molecule has 0 saturated heterocycles. The van der Waals surface area contributed by atoms with E-state index in [-0.39, 0.29) is 5.92 Å². The number of anilines is 2. The van der Waals surface area contributed by atoms with E-state index in [0.29, 0.717) is 5.69 Å². The molecule has 76 valence electrons. The maximum atomic E-state index is 10.6. The van der Waals surface area contributed by atoms with E-state index in [1.54, 1.807) is 0 Å². The fraction of sp³-hybridized carbons (Fsp3) is 0.364. The Morgan fingerprint density at radius 2 is 2.29 bits per heavy atom. The van der Waals surface area contributed by atoms with E-state index in [0.717, 1.165) is 24.1 Å². The van der Waals surface area contributed by atoms with E-state index in [4.69, 9.17) is 5.73 Å². The number of nitrogens with two attached hydrogens (primary N) is 1. The molecule has 3 N–H and O–H groups in total. The van der Waals surface area contributed by atoms with Gasteiger partial charge < -0.3 is 15.8 Å². The van der Waals surface area contributed by atoms with Crippen molar-refractivity contribution in [2.24, 2.45) is 0 Å². The number of nitrogen functional groups attached to an aromatic ring is 1. The summed E-state index contributed by atoms with van der Waals surface area (Å²) in [6, 6.07) is 5.64. The van der Waals surface area contributed by atoms with E-state index in [1.807, 2.05) is 32.0 Å². The van der Waals surface area contributed by atoms with Crippen LogP contribution in [0.3, 0.4) is 0 Å². The Labute approximate surface area is 84.3 Å². The maximum Gasteiger partial charge on any atom is 0.127 e. The molecule has 0 amide bonds. The van der Waals surface area contributed by atoms with Crippen molar-refractivity contribution in [1.29, 1.82) is 0 Å². The zero-order chi connectivity index (χ0) is 10.6. The third kappa shape index (κ3) is 2.25. The molecule has 14 heavy (non-hydrogen) atoms. The maximum absolute atomic E-state index is 10.6. The van der Waals surface area contributed by atoms with Gasteiger partial charge in [-0.3, -0.25) is 0 Å². The van der Waals surface area contributed by atoms with Crippen molar-refractivity contribution in [2.75, 3.05) is 17.6 Å². The van der Waals surface area contributed by atoms with Crippen LogP contribution in [0.5, 0.6) is 0 Å². The molecular formula is C11H16N2O. The second-order valence-electron chi connectivity index (χ2n) is 3.30. The molecule has 0 aromatic heterocycles. The van der Waals surface area contributed by atoms with E-state index < -0.39 is 0 Å². The predicted molar refractivity (Wildman–Crippen MR) is 59.5 cm³/mol. The second kappa shape index (κ2) is 4.65. The smallest absolute Gasteiger partial charge is 0.127 e. The van der Waals surface area contributed by atoms with Gasteiger partial charge in [-0.05, 0) is 24.6 Å². The molecule has 0 radical (unpaired) electrons. The molecule has 0 saturated carbocycles. The lowest BCUT2D eigenvalue weighted by Crippen LogP contribution is -2.03. The zero-order valence-corrected chi connectivity index (χ0v) is 8.58. The number of carbonyl (C=O) groups is 1. The molecule has 0 aliphatic carbocycles. The van der Waals surface area contributed by atoms with Crippen LogP contribution in [0.2, 0.25) is 0 Å². The van der Waals surface area contributed by atoms with Gasteiger partial charge in [-0.25, -0.2) is 0 Å². The SMILES string of the molecule is CCNc1cc(C(C)C=O)ccc1N. The van der Waals surface area contributed by atoms with Gasteiger partial charge in [0, 0.05) is 12.5 Å². The van der Waals surface area contributed by atoms with Gasteiger partial charge in [-0.2, -0.15) is 0 Å². The highest BCUT2D eigenvalue weighted by molar-refractivity contribution is 5.70. The van der Waals surface area contributed by atoms with Crippen molar-refractivity contribution in [2.45, 2.75) is 19.8 Å². The number of carbonyl (C=O) groups excluding carboxylic acids is 1. The highest BCUT2D eigenvalue weighted by Gasteiger charge is 2.06. The van der Waals surface area contributed by atoms with Crippen molar-refractivity contribution in [3.05, 3.63) is 23.8 Å². The molecule has 1 atom stereocenters. The molecule has 0 aliphatic heterocycles. The van der Waals surface area contributed by atoms with Crippen LogP contribution in [0.1, 0.15) is 25.3 Å². The van der Waals surface area contributed by atoms with Gasteiger partial charge in [0.15, 0.2) is 0 Å². The fourth-order valence-electron chi connectivity index (χ4n) is 1.28. The standard InChI is InChI=1S/C11H16N2O/c1-3-13-11-6-9(8(2)7-14)4-5-10(11)12/h4-8,13H,3,12H2,1-2H3. The van der Waals surface area contributed by atoms with Crippen LogP contribution < -0.4 is 11.1 Å². The minimum Gasteiger partial charge on any atom is -0.397 e. The lowest BCUT2D eigenvalue weighted by molar-refractivity contribution is -0.108. The van der Waals surface area contributed by atoms with E-state index in [1.165, 1.54) is 0 Å². The van der Waals surface area contributed by atoms with Crippen molar-refractivity contribution in [3.63, 3.8) is 0 Å². The first kappa shape index (κ1) is 10.6. The molecule has 0 aliphatic rings. The molecule has 1 aromatic rings. The first-order valence-corrected chi connectivity index (χ1v) is 4.77. The Kier molecular flexibility index (Phi) is 3.51. The Hall–Kier alpha value is -1.51. The summed E-state index contributed by atoms with van der Waals surface area (Å²) in [6.07, 6.45) is 0.932. The van der Waals surface area contributed by atoms with Crippen LogP contribution in [-0.4, -0.2) is 12.8 Å². The van der Waals surface area contributed by atoms with Gasteiger partial charge in [0.05, 0.1) is 11.4 Å². The summed E-state index contributed by atoms with van der Waals surface area (Å²) in [5.74, 6) is -0.0759. The van der Waals surface area contributed by atoms with Gasteiger partial charge >= 0.3 is 0 Å². The molecular weight excluding hydrogens is 176 g/mol. The first-order valence-electron chi connectivity index (χ1n) is 4.77. The average Bonchev–Trinajstić information content (AvgIpc) is 2.20. The Balaban J connectivity index is 2.99. The number of rotatable bonds is 4. The van der Waals surface area contributed by atoms with Gasteiger partial charge in [-0.15, -0.1) is 0 Å². The number of benzene rings is 1. The molecule has 0 bridgehead atoms. The number of hydrogen-bond acceptors (Lipinski definition) is 3. The molecule has 0 fully saturated rings. The van der Waals surface area contributed by atoms with Crippen LogP contribution in [-0.2, 0) is 4.79 Å². The lowest BCUT2D eigenvalue weighted by Gasteiger charge is -2.11. The van der Waals surface area contributed by atoms with Gasteiger partial charge in [0.2, 0.25) is 0 Å². The van der Waals surface area contributed by atoms with E-state index >= 15 is 0 Å². The summed E-state index contributed by atoms with van der Waals surface area (Å²) in [5.41, 5.74) is 8.38. The van der Waals surface area contributed by atoms with Gasteiger partial charge in [-0.1, -0.05) is 13.0 Å². The number of aldehydes is 1. The lowest BCUT2D eigenvalue weighted by atomic mass is 10.0. The second-order valence-corrected chi connectivity index (χ2v) is 3.30. The molecule has 1 aromatic carbocycles. The van der Waals surface area contributed by atoms with Crippen molar-refractivity contribution in [1.82, 2.24) is 0 Å². The number of nitrogens with one attached hydrogen (secondary N) is 1. The third-order valence-electron chi connectivity index (χ3n) is 2.17. The predicted octanol–water partition coefficient (Wildman–Crippen LogP) is 2.00. The quantitative estimate of drug-likeness (QED) is 0.566. The summed E-state index contributed by atoms with van der Waals surface area (Å²) in [7, 11) is 0.